The minimum Gasteiger partial charge on any atom is -0.352 e. The summed E-state index contributed by atoms with van der Waals surface area (Å²) in [5.41, 5.74) is 0. The third kappa shape index (κ3) is 5.67. The van der Waals surface area contributed by atoms with E-state index in [0.717, 1.165) is 51.5 Å². The van der Waals surface area contributed by atoms with Crippen LogP contribution in [-0.4, -0.2) is 35.3 Å². The Morgan fingerprint density at radius 2 is 2.00 bits per heavy atom. The van der Waals surface area contributed by atoms with Crippen LogP contribution >= 0.6 is 0 Å². The smallest absolute Gasteiger partial charge is 0.243 e. The zero-order chi connectivity index (χ0) is 16.8. The summed E-state index contributed by atoms with van der Waals surface area (Å²) in [5, 5.41) is 3.05. The molecule has 2 rings (SSSR count). The molecule has 0 unspecified atom stereocenters. The molecule has 0 aromatic carbocycles. The van der Waals surface area contributed by atoms with Gasteiger partial charge in [-0.15, -0.1) is 6.58 Å². The first-order chi connectivity index (χ1) is 11.0. The predicted octanol–water partition coefficient (Wildman–Crippen LogP) is 3.27. The summed E-state index contributed by atoms with van der Waals surface area (Å²) in [7, 11) is 0. The molecular formula is C19H32N2O2. The van der Waals surface area contributed by atoms with E-state index in [1.807, 2.05) is 11.0 Å². The highest BCUT2D eigenvalue weighted by Crippen LogP contribution is 2.25. The predicted molar refractivity (Wildman–Crippen MR) is 92.9 cm³/mol. The second-order valence-corrected chi connectivity index (χ2v) is 7.54. The molecule has 1 saturated carbocycles. The standard InChI is InChI=1S/C19H32N2O2/c1-4-5-7-14(2)12-15(3)13-18(22)21-11-6-8-17(21)19(23)20-16-9-10-16/h4,14-17H,1,5-13H2,2-3H3,(H,20,23)/t14-,15-,17+/m1/s1. The van der Waals surface area contributed by atoms with Crippen molar-refractivity contribution in [3.63, 3.8) is 0 Å². The van der Waals surface area contributed by atoms with Gasteiger partial charge < -0.3 is 10.2 Å². The number of hydrogen-bond acceptors (Lipinski definition) is 2. The van der Waals surface area contributed by atoms with Crippen molar-refractivity contribution in [3.8, 4) is 0 Å². The van der Waals surface area contributed by atoms with Gasteiger partial charge in [-0.1, -0.05) is 19.9 Å². The fourth-order valence-corrected chi connectivity index (χ4v) is 3.57. The van der Waals surface area contributed by atoms with Gasteiger partial charge in [0.05, 0.1) is 0 Å². The quantitative estimate of drug-likeness (QED) is 0.663. The molecule has 1 N–H and O–H groups in total. The molecule has 1 saturated heterocycles. The van der Waals surface area contributed by atoms with E-state index in [-0.39, 0.29) is 17.9 Å². The maximum absolute atomic E-state index is 12.6. The van der Waals surface area contributed by atoms with Crippen molar-refractivity contribution in [1.82, 2.24) is 10.2 Å². The normalized spacial score (nSPS) is 23.4. The second-order valence-electron chi connectivity index (χ2n) is 7.54. The van der Waals surface area contributed by atoms with E-state index < -0.39 is 0 Å². The van der Waals surface area contributed by atoms with Crippen molar-refractivity contribution < 1.29 is 9.59 Å². The number of nitrogens with zero attached hydrogens (tertiary/aromatic N) is 1. The molecule has 2 amide bonds. The van der Waals surface area contributed by atoms with Crippen LogP contribution in [0.5, 0.6) is 0 Å². The summed E-state index contributed by atoms with van der Waals surface area (Å²) in [6.07, 6.45) is 9.69. The lowest BCUT2D eigenvalue weighted by atomic mass is 9.91. The van der Waals surface area contributed by atoms with Crippen molar-refractivity contribution in [2.45, 2.75) is 77.3 Å². The first-order valence-electron chi connectivity index (χ1n) is 9.22. The van der Waals surface area contributed by atoms with E-state index in [1.165, 1.54) is 0 Å². The number of amides is 2. The van der Waals surface area contributed by atoms with E-state index in [4.69, 9.17) is 0 Å². The number of allylic oxidation sites excluding steroid dienone is 1. The molecule has 2 aliphatic rings. The topological polar surface area (TPSA) is 49.4 Å². The van der Waals surface area contributed by atoms with E-state index in [0.29, 0.717) is 24.3 Å². The van der Waals surface area contributed by atoms with Gasteiger partial charge in [0.1, 0.15) is 6.04 Å². The molecule has 3 atom stereocenters. The fraction of sp³-hybridized carbons (Fsp3) is 0.789. The van der Waals surface area contributed by atoms with Crippen LogP contribution in [0.15, 0.2) is 12.7 Å². The summed E-state index contributed by atoms with van der Waals surface area (Å²) in [5.74, 6) is 1.20. The molecule has 1 aliphatic heterocycles. The summed E-state index contributed by atoms with van der Waals surface area (Å²) < 4.78 is 0. The Kier molecular flexibility index (Phi) is 6.67. The molecule has 0 spiro atoms. The van der Waals surface area contributed by atoms with Gasteiger partial charge in [0.15, 0.2) is 0 Å². The van der Waals surface area contributed by atoms with Gasteiger partial charge in [-0.3, -0.25) is 9.59 Å². The number of nitrogens with one attached hydrogen (secondary N) is 1. The number of hydrogen-bond donors (Lipinski definition) is 1. The van der Waals surface area contributed by atoms with Gasteiger partial charge >= 0.3 is 0 Å². The Bertz CT molecular complexity index is 431. The molecule has 4 nitrogen and oxygen atoms in total. The minimum atomic E-state index is -0.228. The largest absolute Gasteiger partial charge is 0.352 e. The zero-order valence-corrected chi connectivity index (χ0v) is 14.7. The summed E-state index contributed by atoms with van der Waals surface area (Å²) in [6.45, 7) is 8.89. The maximum atomic E-state index is 12.6. The van der Waals surface area contributed by atoms with Crippen LogP contribution in [0, 0.1) is 11.8 Å². The molecule has 1 heterocycles. The average Bonchev–Trinajstić information content (AvgIpc) is 3.16. The van der Waals surface area contributed by atoms with E-state index in [2.05, 4.69) is 25.7 Å². The number of likely N-dealkylation sites (tertiary alicyclic amines) is 1. The molecule has 4 heteroatoms. The Morgan fingerprint density at radius 1 is 1.26 bits per heavy atom. The first kappa shape index (κ1) is 18.0. The molecule has 2 fully saturated rings. The van der Waals surface area contributed by atoms with Gasteiger partial charge in [0.25, 0.3) is 0 Å². The SMILES string of the molecule is C=CCC[C@@H](C)C[C@@H](C)CC(=O)N1CCC[C@H]1C(=O)NC1CC1. The summed E-state index contributed by atoms with van der Waals surface area (Å²) >= 11 is 0. The summed E-state index contributed by atoms with van der Waals surface area (Å²) in [4.78, 5) is 26.7. The van der Waals surface area contributed by atoms with Crippen LogP contribution < -0.4 is 5.32 Å². The van der Waals surface area contributed by atoms with Crippen LogP contribution in [0.4, 0.5) is 0 Å². The number of carbonyl (C=O) groups is 2. The molecule has 0 bridgehead atoms. The monoisotopic (exact) mass is 320 g/mol. The maximum Gasteiger partial charge on any atom is 0.243 e. The van der Waals surface area contributed by atoms with Gasteiger partial charge in [-0.05, 0) is 56.8 Å². The molecule has 130 valence electrons. The lowest BCUT2D eigenvalue weighted by Gasteiger charge is -2.26. The highest BCUT2D eigenvalue weighted by atomic mass is 16.2. The van der Waals surface area contributed by atoms with Crippen molar-refractivity contribution in [3.05, 3.63) is 12.7 Å². The molecule has 0 radical (unpaired) electrons. The Hall–Kier alpha value is -1.32. The Labute approximate surface area is 140 Å². The van der Waals surface area contributed by atoms with Crippen molar-refractivity contribution in [2.75, 3.05) is 6.54 Å². The fourth-order valence-electron chi connectivity index (χ4n) is 3.57. The Morgan fingerprint density at radius 3 is 2.65 bits per heavy atom. The van der Waals surface area contributed by atoms with E-state index >= 15 is 0 Å². The van der Waals surface area contributed by atoms with Gasteiger partial charge in [0.2, 0.25) is 11.8 Å². The molecule has 23 heavy (non-hydrogen) atoms. The number of rotatable bonds is 9. The third-order valence-electron chi connectivity index (χ3n) is 4.99. The average molecular weight is 320 g/mol. The van der Waals surface area contributed by atoms with Crippen molar-refractivity contribution in [2.24, 2.45) is 11.8 Å². The van der Waals surface area contributed by atoms with Gasteiger partial charge in [0, 0.05) is 19.0 Å². The van der Waals surface area contributed by atoms with Gasteiger partial charge in [-0.2, -0.15) is 0 Å². The first-order valence-corrected chi connectivity index (χ1v) is 9.22. The van der Waals surface area contributed by atoms with E-state index in [9.17, 15) is 9.59 Å². The van der Waals surface area contributed by atoms with E-state index in [1.54, 1.807) is 0 Å². The van der Waals surface area contributed by atoms with Crippen LogP contribution in [0.3, 0.4) is 0 Å². The summed E-state index contributed by atoms with van der Waals surface area (Å²) in [6, 6.07) is 0.137. The molecule has 0 aromatic heterocycles. The van der Waals surface area contributed by atoms with Crippen LogP contribution in [-0.2, 0) is 9.59 Å². The van der Waals surface area contributed by atoms with Gasteiger partial charge in [-0.25, -0.2) is 0 Å². The lowest BCUT2D eigenvalue weighted by Crippen LogP contribution is -2.46. The highest BCUT2D eigenvalue weighted by molar-refractivity contribution is 5.88. The zero-order valence-electron chi connectivity index (χ0n) is 14.7. The molecular weight excluding hydrogens is 288 g/mol. The van der Waals surface area contributed by atoms with Crippen LogP contribution in [0.1, 0.15) is 65.2 Å². The minimum absolute atomic E-state index is 0.0605. The van der Waals surface area contributed by atoms with Crippen molar-refractivity contribution >= 4 is 11.8 Å². The van der Waals surface area contributed by atoms with Crippen LogP contribution in [0.2, 0.25) is 0 Å². The van der Waals surface area contributed by atoms with Crippen molar-refractivity contribution in [1.29, 1.82) is 0 Å². The lowest BCUT2D eigenvalue weighted by molar-refractivity contribution is -0.139. The second kappa shape index (κ2) is 8.51. The third-order valence-corrected chi connectivity index (χ3v) is 4.99. The number of carbonyl (C=O) groups excluding carboxylic acids is 2. The molecule has 1 aliphatic carbocycles. The Balaban J connectivity index is 1.78. The highest BCUT2D eigenvalue weighted by Gasteiger charge is 2.36. The van der Waals surface area contributed by atoms with Crippen LogP contribution in [0.25, 0.3) is 0 Å². The molecule has 0 aromatic rings.